The number of carbonyl (C=O) groups is 1. The lowest BCUT2D eigenvalue weighted by Gasteiger charge is -2.22. The summed E-state index contributed by atoms with van der Waals surface area (Å²) in [7, 11) is 0. The van der Waals surface area contributed by atoms with Crippen LogP contribution in [0.3, 0.4) is 0 Å². The molecule has 1 aromatic rings. The first kappa shape index (κ1) is 16.4. The monoisotopic (exact) mass is 278 g/mol. The fourth-order valence-corrected chi connectivity index (χ4v) is 2.00. The van der Waals surface area contributed by atoms with E-state index in [0.29, 0.717) is 11.6 Å². The van der Waals surface area contributed by atoms with E-state index in [1.807, 2.05) is 20.8 Å². The highest BCUT2D eigenvalue weighted by molar-refractivity contribution is 5.92. The lowest BCUT2D eigenvalue weighted by molar-refractivity contribution is 0.0938. The first-order chi connectivity index (χ1) is 9.47. The molecule has 0 atom stereocenters. The number of aryl methyl sites for hydroxylation is 1. The van der Waals surface area contributed by atoms with Gasteiger partial charge in [0.25, 0.3) is 5.91 Å². The van der Waals surface area contributed by atoms with E-state index in [1.165, 1.54) is 0 Å². The summed E-state index contributed by atoms with van der Waals surface area (Å²) in [6.45, 7) is 11.8. The van der Waals surface area contributed by atoms with Gasteiger partial charge < -0.3 is 10.2 Å². The molecule has 0 fully saturated rings. The fourth-order valence-electron chi connectivity index (χ4n) is 2.00. The van der Waals surface area contributed by atoms with Gasteiger partial charge in [0.05, 0.1) is 0 Å². The molecule has 20 heavy (non-hydrogen) atoms. The van der Waals surface area contributed by atoms with Crippen molar-refractivity contribution < 1.29 is 4.79 Å². The molecule has 1 heterocycles. The lowest BCUT2D eigenvalue weighted by atomic mass is 10.3. The van der Waals surface area contributed by atoms with Gasteiger partial charge in [-0.1, -0.05) is 13.8 Å². The minimum atomic E-state index is -0.139. The van der Waals surface area contributed by atoms with Crippen LogP contribution in [0.5, 0.6) is 0 Å². The highest BCUT2D eigenvalue weighted by atomic mass is 16.1. The molecule has 112 valence electrons. The lowest BCUT2D eigenvalue weighted by Crippen LogP contribution is -2.32. The van der Waals surface area contributed by atoms with Crippen molar-refractivity contribution in [3.05, 3.63) is 17.5 Å². The maximum atomic E-state index is 12.1. The van der Waals surface area contributed by atoms with Gasteiger partial charge in [0.2, 0.25) is 5.95 Å². The van der Waals surface area contributed by atoms with Gasteiger partial charge in [-0.15, -0.1) is 0 Å². The zero-order valence-electron chi connectivity index (χ0n) is 13.2. The number of amides is 1. The summed E-state index contributed by atoms with van der Waals surface area (Å²) in [6.07, 6.45) is 2.07. The minimum absolute atomic E-state index is 0.101. The number of hydrogen-bond donors (Lipinski definition) is 1. The average molecular weight is 278 g/mol. The van der Waals surface area contributed by atoms with Crippen molar-refractivity contribution in [1.29, 1.82) is 0 Å². The van der Waals surface area contributed by atoms with Gasteiger partial charge in [-0.2, -0.15) is 0 Å². The quantitative estimate of drug-likeness (QED) is 0.832. The molecule has 0 aliphatic heterocycles. The highest BCUT2D eigenvalue weighted by Crippen LogP contribution is 2.12. The highest BCUT2D eigenvalue weighted by Gasteiger charge is 2.14. The molecule has 1 rings (SSSR count). The summed E-state index contributed by atoms with van der Waals surface area (Å²) >= 11 is 0. The molecule has 0 aromatic carbocycles. The summed E-state index contributed by atoms with van der Waals surface area (Å²) in [6, 6.07) is 1.83. The largest absolute Gasteiger partial charge is 0.349 e. The van der Waals surface area contributed by atoms with Crippen molar-refractivity contribution in [3.63, 3.8) is 0 Å². The summed E-state index contributed by atoms with van der Waals surface area (Å²) in [5, 5.41) is 2.87. The van der Waals surface area contributed by atoms with Gasteiger partial charge in [0.15, 0.2) is 0 Å². The van der Waals surface area contributed by atoms with E-state index in [-0.39, 0.29) is 11.9 Å². The molecule has 5 nitrogen and oxygen atoms in total. The standard InChI is InChI=1S/C15H26N4O/c1-6-8-19(9-7-2)15-17-12(5)10-13(18-15)14(20)16-11(3)4/h10-11H,6-9H2,1-5H3,(H,16,20). The third-order valence-corrected chi connectivity index (χ3v) is 2.76. The van der Waals surface area contributed by atoms with Crippen LogP contribution in [0.25, 0.3) is 0 Å². The third kappa shape index (κ3) is 4.79. The van der Waals surface area contributed by atoms with Crippen LogP contribution in [0.1, 0.15) is 56.7 Å². The van der Waals surface area contributed by atoms with Crippen molar-refractivity contribution >= 4 is 11.9 Å². The predicted octanol–water partition coefficient (Wildman–Crippen LogP) is 2.55. The van der Waals surface area contributed by atoms with Gasteiger partial charge in [0, 0.05) is 24.8 Å². The Hall–Kier alpha value is -1.65. The van der Waals surface area contributed by atoms with Gasteiger partial charge in [-0.25, -0.2) is 9.97 Å². The van der Waals surface area contributed by atoms with Crippen LogP contribution >= 0.6 is 0 Å². The van der Waals surface area contributed by atoms with Crippen LogP contribution in [0.4, 0.5) is 5.95 Å². The van der Waals surface area contributed by atoms with Crippen molar-refractivity contribution in [1.82, 2.24) is 15.3 Å². The van der Waals surface area contributed by atoms with Gasteiger partial charge in [0.1, 0.15) is 5.69 Å². The summed E-state index contributed by atoms with van der Waals surface area (Å²) in [5.74, 6) is 0.516. The van der Waals surface area contributed by atoms with E-state index in [2.05, 4.69) is 34.0 Å². The van der Waals surface area contributed by atoms with E-state index >= 15 is 0 Å². The molecule has 0 radical (unpaired) electrons. The zero-order chi connectivity index (χ0) is 15.1. The Labute approximate surface area is 121 Å². The summed E-state index contributed by atoms with van der Waals surface area (Å²) in [4.78, 5) is 23.1. The molecule has 0 spiro atoms. The summed E-state index contributed by atoms with van der Waals surface area (Å²) in [5.41, 5.74) is 1.26. The Kier molecular flexibility index (Phi) is 6.42. The second kappa shape index (κ2) is 7.82. The first-order valence-electron chi connectivity index (χ1n) is 7.39. The van der Waals surface area contributed by atoms with Crippen molar-refractivity contribution in [2.75, 3.05) is 18.0 Å². The average Bonchev–Trinajstić information content (AvgIpc) is 2.37. The molecule has 0 saturated carbocycles. The number of anilines is 1. The molecule has 0 aliphatic carbocycles. The first-order valence-corrected chi connectivity index (χ1v) is 7.39. The van der Waals surface area contributed by atoms with Gasteiger partial charge in [-0.05, 0) is 39.7 Å². The van der Waals surface area contributed by atoms with Gasteiger partial charge in [-0.3, -0.25) is 4.79 Å². The Morgan fingerprint density at radius 2 is 1.85 bits per heavy atom. The van der Waals surface area contributed by atoms with Crippen LogP contribution < -0.4 is 10.2 Å². The maximum Gasteiger partial charge on any atom is 0.270 e. The zero-order valence-corrected chi connectivity index (χ0v) is 13.2. The molecule has 0 bridgehead atoms. The van der Waals surface area contributed by atoms with Crippen molar-refractivity contribution in [2.45, 2.75) is 53.5 Å². The number of nitrogens with one attached hydrogen (secondary N) is 1. The molecule has 0 saturated heterocycles. The Morgan fingerprint density at radius 3 is 2.35 bits per heavy atom. The molecule has 1 amide bonds. The molecular formula is C15H26N4O. The summed E-state index contributed by atoms with van der Waals surface area (Å²) < 4.78 is 0. The number of rotatable bonds is 7. The van der Waals surface area contributed by atoms with Crippen molar-refractivity contribution in [3.8, 4) is 0 Å². The molecule has 1 N–H and O–H groups in total. The Balaban J connectivity index is 3.02. The third-order valence-electron chi connectivity index (χ3n) is 2.76. The van der Waals surface area contributed by atoms with E-state index < -0.39 is 0 Å². The van der Waals surface area contributed by atoms with Crippen LogP contribution in [0.2, 0.25) is 0 Å². The molecular weight excluding hydrogens is 252 g/mol. The van der Waals surface area contributed by atoms with Gasteiger partial charge >= 0.3 is 0 Å². The van der Waals surface area contributed by atoms with Crippen LogP contribution in [0.15, 0.2) is 6.07 Å². The normalized spacial score (nSPS) is 10.7. The van der Waals surface area contributed by atoms with Crippen LogP contribution in [-0.2, 0) is 0 Å². The molecule has 5 heteroatoms. The van der Waals surface area contributed by atoms with E-state index in [9.17, 15) is 4.79 Å². The second-order valence-electron chi connectivity index (χ2n) is 5.31. The smallest absolute Gasteiger partial charge is 0.270 e. The van der Waals surface area contributed by atoms with E-state index in [1.54, 1.807) is 6.07 Å². The van der Waals surface area contributed by atoms with E-state index in [4.69, 9.17) is 0 Å². The van der Waals surface area contributed by atoms with Crippen LogP contribution in [0, 0.1) is 6.92 Å². The van der Waals surface area contributed by atoms with E-state index in [0.717, 1.165) is 31.6 Å². The molecule has 0 unspecified atom stereocenters. The Morgan fingerprint density at radius 1 is 1.25 bits per heavy atom. The number of carbonyl (C=O) groups excluding carboxylic acids is 1. The van der Waals surface area contributed by atoms with Crippen molar-refractivity contribution in [2.24, 2.45) is 0 Å². The number of nitrogens with zero attached hydrogens (tertiary/aromatic N) is 3. The number of hydrogen-bond acceptors (Lipinski definition) is 4. The topological polar surface area (TPSA) is 58.1 Å². The predicted molar refractivity (Wildman–Crippen MR) is 82.2 cm³/mol. The SMILES string of the molecule is CCCN(CCC)c1nc(C)cc(C(=O)NC(C)C)n1. The molecule has 0 aliphatic rings. The Bertz CT molecular complexity index is 439. The van der Waals surface area contributed by atoms with Crippen LogP contribution in [-0.4, -0.2) is 35.0 Å². The molecule has 1 aromatic heterocycles. The maximum absolute atomic E-state index is 12.1. The fraction of sp³-hybridized carbons (Fsp3) is 0.667. The second-order valence-corrected chi connectivity index (χ2v) is 5.31. The number of aromatic nitrogens is 2. The minimum Gasteiger partial charge on any atom is -0.349 e.